The molecule has 0 aliphatic carbocycles. The lowest BCUT2D eigenvalue weighted by molar-refractivity contribution is -0.363. The molecule has 10 heteroatoms. The summed E-state index contributed by atoms with van der Waals surface area (Å²) in [6, 6.07) is 3.64. The number of halogens is 4. The zero-order chi connectivity index (χ0) is 29.1. The minimum atomic E-state index is -3.91. The molecule has 4 nitrogen and oxygen atoms in total. The Morgan fingerprint density at radius 3 is 1.56 bits per heavy atom. The molecule has 0 aromatic carbocycles. The van der Waals surface area contributed by atoms with Crippen LogP contribution >= 0.6 is 0 Å². The summed E-state index contributed by atoms with van der Waals surface area (Å²) in [5, 5.41) is 0. The molecule has 41 heavy (non-hydrogen) atoms. The van der Waals surface area contributed by atoms with Crippen molar-refractivity contribution in [3.8, 4) is 0 Å². The van der Waals surface area contributed by atoms with Gasteiger partial charge in [0.1, 0.15) is 11.4 Å². The fourth-order valence-corrected chi connectivity index (χ4v) is 7.00. The Bertz CT molecular complexity index is 1660. The number of aromatic nitrogens is 2. The van der Waals surface area contributed by atoms with Crippen LogP contribution in [0.2, 0.25) is 0 Å². The first kappa shape index (κ1) is 27.6. The molecule has 0 bridgehead atoms. The summed E-state index contributed by atoms with van der Waals surface area (Å²) >= 11 is 0. The third-order valence-electron chi connectivity index (χ3n) is 8.84. The van der Waals surface area contributed by atoms with Crippen LogP contribution in [0.1, 0.15) is 78.8 Å². The average Bonchev–Trinajstić information content (AvgIpc) is 3.64. The molecule has 6 rings (SSSR count). The van der Waals surface area contributed by atoms with E-state index in [9.17, 15) is 0 Å². The number of unbranched alkanes of at least 4 members (excludes halogenated alkanes) is 3. The largest absolute Gasteiger partial charge is 0.737 e. The van der Waals surface area contributed by atoms with Crippen molar-refractivity contribution >= 4 is 37.5 Å². The van der Waals surface area contributed by atoms with Crippen LogP contribution < -0.4 is 0 Å². The highest BCUT2D eigenvalue weighted by Gasteiger charge is 2.53. The third kappa shape index (κ3) is 4.46. The first-order chi connectivity index (χ1) is 19.5. The van der Waals surface area contributed by atoms with Crippen molar-refractivity contribution in [1.29, 1.82) is 0 Å². The van der Waals surface area contributed by atoms with Gasteiger partial charge in [-0.3, -0.25) is 0 Å². The Balaban J connectivity index is 0.998. The van der Waals surface area contributed by atoms with E-state index < -0.39 is 13.9 Å². The molecule has 214 valence electrons. The monoisotopic (exact) mass is 562 g/mol. The summed E-state index contributed by atoms with van der Waals surface area (Å²) in [5.74, 6) is 0. The topological polar surface area (TPSA) is 15.9 Å². The van der Waals surface area contributed by atoms with E-state index >= 15 is 17.3 Å². The molecule has 0 amide bonds. The second-order valence-corrected chi connectivity index (χ2v) is 11.8. The number of hydrogen-bond acceptors (Lipinski definition) is 0. The van der Waals surface area contributed by atoms with Crippen molar-refractivity contribution in [3.05, 3.63) is 93.9 Å². The number of fused-ring (bicyclic) bond motifs is 4. The van der Waals surface area contributed by atoms with E-state index in [0.29, 0.717) is 58.4 Å². The van der Waals surface area contributed by atoms with Crippen molar-refractivity contribution < 1.29 is 26.2 Å². The summed E-state index contributed by atoms with van der Waals surface area (Å²) < 4.78 is 67.0. The van der Waals surface area contributed by atoms with Gasteiger partial charge in [0.25, 0.3) is 0 Å². The number of aryl methyl sites for hydroxylation is 4. The van der Waals surface area contributed by atoms with E-state index in [1.54, 1.807) is 26.0 Å². The molecule has 4 aliphatic rings. The lowest BCUT2D eigenvalue weighted by Gasteiger charge is -2.30. The van der Waals surface area contributed by atoms with E-state index in [1.807, 2.05) is 50.3 Å². The van der Waals surface area contributed by atoms with Gasteiger partial charge >= 0.3 is 13.9 Å². The summed E-state index contributed by atoms with van der Waals surface area (Å²) in [4.78, 5) is 0. The zero-order valence-electron chi connectivity index (χ0n) is 24.2. The Kier molecular flexibility index (Phi) is 6.78. The highest BCUT2D eigenvalue weighted by Crippen LogP contribution is 2.36. The molecule has 2 aromatic heterocycles. The van der Waals surface area contributed by atoms with Gasteiger partial charge in [-0.1, -0.05) is 12.2 Å². The van der Waals surface area contributed by atoms with Crippen LogP contribution in [0.5, 0.6) is 0 Å². The van der Waals surface area contributed by atoms with Gasteiger partial charge < -0.3 is 35.2 Å². The van der Waals surface area contributed by atoms with Gasteiger partial charge in [-0.25, -0.2) is 0 Å². The van der Waals surface area contributed by atoms with Crippen LogP contribution in [-0.4, -0.2) is 43.3 Å². The van der Waals surface area contributed by atoms with Crippen LogP contribution in [-0.2, 0) is 0 Å². The maximum absolute atomic E-state index is 15.5. The number of nitrogens with zero attached hydrogens (tertiary/aromatic N) is 4. The average molecular weight is 562 g/mol. The molecule has 0 saturated carbocycles. The summed E-state index contributed by atoms with van der Waals surface area (Å²) in [6.45, 7) is -0.594. The molecule has 0 N–H and O–H groups in total. The Hall–Kier alpha value is -3.55. The highest BCUT2D eigenvalue weighted by molar-refractivity contribution is 6.58. The fourth-order valence-electron chi connectivity index (χ4n) is 7.00. The Morgan fingerprint density at radius 1 is 0.634 bits per heavy atom. The maximum atomic E-state index is 15.5. The quantitative estimate of drug-likeness (QED) is 0.129. The SMILES string of the molecule is Cc1cc(C)n2c1C=C1C=CC(CCC/C=C/CCCCC3=[N+]4C(=Cc5c(C)cc(C)n5[B-]4(F)F)C=C3)=[N+]1[B-]2(F)F. The highest BCUT2D eigenvalue weighted by atomic mass is 19.3. The molecular weight excluding hydrogens is 526 g/mol. The van der Waals surface area contributed by atoms with Crippen molar-refractivity contribution in [1.82, 2.24) is 8.96 Å². The predicted octanol–water partition coefficient (Wildman–Crippen LogP) is 7.71. The summed E-state index contributed by atoms with van der Waals surface area (Å²) in [7, 11) is 0. The van der Waals surface area contributed by atoms with Gasteiger partial charge in [-0.15, -0.1) is 0 Å². The first-order valence-corrected chi connectivity index (χ1v) is 14.7. The molecule has 0 radical (unpaired) electrons. The van der Waals surface area contributed by atoms with Gasteiger partial charge in [0.2, 0.25) is 0 Å². The molecule has 0 spiro atoms. The molecule has 0 atom stereocenters. The van der Waals surface area contributed by atoms with Crippen LogP contribution in [0.25, 0.3) is 12.2 Å². The van der Waals surface area contributed by atoms with E-state index in [0.717, 1.165) is 43.2 Å². The van der Waals surface area contributed by atoms with Gasteiger partial charge in [0.15, 0.2) is 11.4 Å². The normalized spacial score (nSPS) is 19.6. The molecular formula is C31H36B2F4N4. The van der Waals surface area contributed by atoms with Gasteiger partial charge in [-0.05, 0) is 94.4 Å². The Morgan fingerprint density at radius 2 is 1.07 bits per heavy atom. The molecule has 0 saturated heterocycles. The standard InChI is InChI=1S/C31H36B2F4N4/c1-22-18-24(3)38-30(22)20-28-16-14-26(40(28)32(38,34)35)12-10-8-6-5-7-9-11-13-27-15-17-29-21-31-23(2)19-25(4)39(31)33(36,37)41(27)29/h5-6,14-21H,7-13H2,1-4H3/b6-5+. The molecule has 2 aromatic rings. The molecule has 0 fully saturated rings. The summed E-state index contributed by atoms with van der Waals surface area (Å²) in [6.07, 6.45) is 20.6. The third-order valence-corrected chi connectivity index (χ3v) is 8.84. The van der Waals surface area contributed by atoms with Crippen molar-refractivity contribution in [2.45, 2.75) is 72.6 Å². The molecule has 0 unspecified atom stereocenters. The van der Waals surface area contributed by atoms with Crippen LogP contribution in [0, 0.1) is 27.7 Å². The van der Waals surface area contributed by atoms with Gasteiger partial charge in [0, 0.05) is 60.7 Å². The van der Waals surface area contributed by atoms with E-state index in [-0.39, 0.29) is 0 Å². The summed E-state index contributed by atoms with van der Waals surface area (Å²) in [5.41, 5.74) is 6.56. The number of rotatable bonds is 9. The molecule has 4 aliphatic heterocycles. The lowest BCUT2D eigenvalue weighted by atomic mass is 9.90. The smallest absolute Gasteiger partial charge is 0.394 e. The van der Waals surface area contributed by atoms with Crippen molar-refractivity contribution in [2.75, 3.05) is 0 Å². The molecule has 6 heterocycles. The zero-order valence-corrected chi connectivity index (χ0v) is 24.2. The van der Waals surface area contributed by atoms with Gasteiger partial charge in [-0.2, -0.15) is 0 Å². The first-order valence-electron chi connectivity index (χ1n) is 14.7. The van der Waals surface area contributed by atoms with Crippen molar-refractivity contribution in [2.24, 2.45) is 0 Å². The minimum absolute atomic E-state index is 0.564. The number of hydrogen-bond donors (Lipinski definition) is 0. The van der Waals surface area contributed by atoms with Crippen LogP contribution in [0.4, 0.5) is 17.3 Å². The second-order valence-electron chi connectivity index (χ2n) is 11.8. The maximum Gasteiger partial charge on any atom is 0.737 e. The fraction of sp³-hybridized carbons (Fsp3) is 0.355. The van der Waals surface area contributed by atoms with E-state index in [1.165, 1.54) is 17.9 Å². The predicted molar refractivity (Wildman–Crippen MR) is 161 cm³/mol. The van der Waals surface area contributed by atoms with Crippen molar-refractivity contribution in [3.63, 3.8) is 0 Å². The lowest BCUT2D eigenvalue weighted by Crippen LogP contribution is -2.50. The Labute approximate surface area is 239 Å². The van der Waals surface area contributed by atoms with E-state index in [2.05, 4.69) is 12.2 Å². The van der Waals surface area contributed by atoms with Crippen LogP contribution in [0.15, 0.2) is 60.0 Å². The second kappa shape index (κ2) is 10.1. The van der Waals surface area contributed by atoms with Gasteiger partial charge in [0.05, 0.1) is 0 Å². The number of allylic oxidation sites excluding steroid dienone is 6. The minimum Gasteiger partial charge on any atom is -0.394 e. The van der Waals surface area contributed by atoms with E-state index in [4.69, 9.17) is 0 Å². The van der Waals surface area contributed by atoms with Crippen LogP contribution in [0.3, 0.4) is 0 Å².